The number of aliphatic hydroxyl groups is 1. The molecule has 2 unspecified atom stereocenters. The van der Waals surface area contributed by atoms with E-state index in [4.69, 9.17) is 10.2 Å². The Morgan fingerprint density at radius 2 is 2.11 bits per heavy atom. The lowest BCUT2D eigenvalue weighted by atomic mass is 10.2. The molecule has 7 heteroatoms. The average molecular weight is 259 g/mol. The molecule has 1 fully saturated rings. The van der Waals surface area contributed by atoms with Gasteiger partial charge >= 0.3 is 12.0 Å². The zero-order valence-electron chi connectivity index (χ0n) is 10.8. The molecule has 0 radical (unpaired) electrons. The van der Waals surface area contributed by atoms with E-state index in [9.17, 15) is 9.59 Å². The largest absolute Gasteiger partial charge is 0.480 e. The summed E-state index contributed by atoms with van der Waals surface area (Å²) in [5, 5.41) is 19.9. The van der Waals surface area contributed by atoms with Crippen molar-refractivity contribution in [3.05, 3.63) is 0 Å². The van der Waals surface area contributed by atoms with Crippen LogP contribution in [0.3, 0.4) is 0 Å². The maximum atomic E-state index is 11.8. The summed E-state index contributed by atoms with van der Waals surface area (Å²) in [4.78, 5) is 26.4. The average Bonchev–Trinajstić information content (AvgIpc) is 2.35. The maximum Gasteiger partial charge on any atom is 0.328 e. The zero-order chi connectivity index (χ0) is 13.7. The van der Waals surface area contributed by atoms with Gasteiger partial charge in [0.15, 0.2) is 6.04 Å². The first-order chi connectivity index (χ1) is 8.49. The molecule has 0 aromatic rings. The topological polar surface area (TPSA) is 93.1 Å². The number of piperazine rings is 1. The van der Waals surface area contributed by atoms with E-state index in [0.29, 0.717) is 13.1 Å². The van der Waals surface area contributed by atoms with Crippen LogP contribution >= 0.6 is 0 Å². The number of aliphatic hydroxyl groups excluding tert-OH is 1. The Hall–Kier alpha value is -1.34. The van der Waals surface area contributed by atoms with E-state index >= 15 is 0 Å². The van der Waals surface area contributed by atoms with Crippen LogP contribution in [0, 0.1) is 0 Å². The van der Waals surface area contributed by atoms with Gasteiger partial charge in [-0.1, -0.05) is 6.92 Å². The van der Waals surface area contributed by atoms with E-state index < -0.39 is 24.6 Å². The molecule has 0 aliphatic carbocycles. The highest BCUT2D eigenvalue weighted by molar-refractivity contribution is 5.82. The predicted molar refractivity (Wildman–Crippen MR) is 65.3 cm³/mol. The lowest BCUT2D eigenvalue weighted by Crippen LogP contribution is -2.58. The molecule has 0 aromatic heterocycles. The first-order valence-corrected chi connectivity index (χ1v) is 6.12. The minimum absolute atomic E-state index is 0.256. The quantitative estimate of drug-likeness (QED) is 0.612. The highest BCUT2D eigenvalue weighted by Crippen LogP contribution is 2.09. The molecular formula is C11H21N3O4. The van der Waals surface area contributed by atoms with E-state index in [2.05, 4.69) is 17.1 Å². The highest BCUT2D eigenvalue weighted by Gasteiger charge is 2.28. The predicted octanol–water partition coefficient (Wildman–Crippen LogP) is -0.832. The molecule has 0 spiro atoms. The maximum absolute atomic E-state index is 11.8. The SMILES string of the molecule is CCN1CCN(C(=O)NC(CO)C(=O)O)CC1C. The summed E-state index contributed by atoms with van der Waals surface area (Å²) in [7, 11) is 0. The molecule has 3 N–H and O–H groups in total. The number of urea groups is 1. The summed E-state index contributed by atoms with van der Waals surface area (Å²) in [6.45, 7) is 6.35. The summed E-state index contributed by atoms with van der Waals surface area (Å²) in [6.07, 6.45) is 0. The van der Waals surface area contributed by atoms with Gasteiger partial charge in [-0.3, -0.25) is 4.90 Å². The van der Waals surface area contributed by atoms with Crippen molar-refractivity contribution in [1.29, 1.82) is 0 Å². The van der Waals surface area contributed by atoms with Crippen molar-refractivity contribution in [2.24, 2.45) is 0 Å². The van der Waals surface area contributed by atoms with Crippen LogP contribution in [0.15, 0.2) is 0 Å². The Bertz CT molecular complexity index is 311. The van der Waals surface area contributed by atoms with E-state index in [-0.39, 0.29) is 6.04 Å². The van der Waals surface area contributed by atoms with E-state index in [1.165, 1.54) is 0 Å². The number of hydrogen-bond donors (Lipinski definition) is 3. The minimum atomic E-state index is -1.24. The molecule has 18 heavy (non-hydrogen) atoms. The Labute approximate surface area is 106 Å². The van der Waals surface area contributed by atoms with Crippen molar-refractivity contribution < 1.29 is 19.8 Å². The fourth-order valence-corrected chi connectivity index (χ4v) is 2.08. The lowest BCUT2D eigenvalue weighted by molar-refractivity contribution is -0.140. The third-order valence-corrected chi connectivity index (χ3v) is 3.24. The summed E-state index contributed by atoms with van der Waals surface area (Å²) in [6, 6.07) is -1.41. The molecule has 7 nitrogen and oxygen atoms in total. The number of nitrogens with one attached hydrogen (secondary N) is 1. The van der Waals surface area contributed by atoms with Crippen LogP contribution in [0.2, 0.25) is 0 Å². The number of hydrogen-bond acceptors (Lipinski definition) is 4. The van der Waals surface area contributed by atoms with E-state index in [1.54, 1.807) is 4.90 Å². The van der Waals surface area contributed by atoms with Gasteiger partial charge in [-0.05, 0) is 13.5 Å². The summed E-state index contributed by atoms with van der Waals surface area (Å²) >= 11 is 0. The number of aliphatic carboxylic acids is 1. The number of amides is 2. The van der Waals surface area contributed by atoms with E-state index in [1.807, 2.05) is 6.92 Å². The van der Waals surface area contributed by atoms with Crippen molar-refractivity contribution in [1.82, 2.24) is 15.1 Å². The lowest BCUT2D eigenvalue weighted by Gasteiger charge is -2.39. The Kier molecular flexibility index (Phi) is 5.36. The van der Waals surface area contributed by atoms with Gasteiger partial charge in [-0.25, -0.2) is 9.59 Å². The number of rotatable bonds is 4. The monoisotopic (exact) mass is 259 g/mol. The fourth-order valence-electron chi connectivity index (χ4n) is 2.08. The Morgan fingerprint density at radius 3 is 2.56 bits per heavy atom. The normalized spacial score (nSPS) is 22.6. The fraction of sp³-hybridized carbons (Fsp3) is 0.818. The van der Waals surface area contributed by atoms with Gasteiger partial charge in [0.2, 0.25) is 0 Å². The van der Waals surface area contributed by atoms with Crippen LogP contribution in [-0.4, -0.2) is 76.9 Å². The second-order valence-electron chi connectivity index (χ2n) is 4.45. The van der Waals surface area contributed by atoms with Crippen molar-refractivity contribution in [2.45, 2.75) is 25.9 Å². The number of carbonyl (C=O) groups excluding carboxylic acids is 1. The Morgan fingerprint density at radius 1 is 1.44 bits per heavy atom. The number of carbonyl (C=O) groups is 2. The van der Waals surface area contributed by atoms with Crippen LogP contribution in [0.5, 0.6) is 0 Å². The number of carboxylic acid groups (broad SMARTS) is 1. The first kappa shape index (κ1) is 14.7. The van der Waals surface area contributed by atoms with Crippen LogP contribution in [0.1, 0.15) is 13.8 Å². The molecule has 1 aliphatic rings. The van der Waals surface area contributed by atoms with Crippen LogP contribution in [-0.2, 0) is 4.79 Å². The molecular weight excluding hydrogens is 238 g/mol. The van der Waals surface area contributed by atoms with Gasteiger partial charge in [-0.2, -0.15) is 0 Å². The summed E-state index contributed by atoms with van der Waals surface area (Å²) in [5.74, 6) is -1.23. The van der Waals surface area contributed by atoms with Gasteiger partial charge in [-0.15, -0.1) is 0 Å². The van der Waals surface area contributed by atoms with Crippen LogP contribution < -0.4 is 5.32 Å². The molecule has 104 valence electrons. The third kappa shape index (κ3) is 3.58. The van der Waals surface area contributed by atoms with Crippen molar-refractivity contribution >= 4 is 12.0 Å². The second-order valence-corrected chi connectivity index (χ2v) is 4.45. The van der Waals surface area contributed by atoms with Crippen molar-refractivity contribution in [3.8, 4) is 0 Å². The smallest absolute Gasteiger partial charge is 0.328 e. The zero-order valence-corrected chi connectivity index (χ0v) is 10.8. The first-order valence-electron chi connectivity index (χ1n) is 6.12. The van der Waals surface area contributed by atoms with Gasteiger partial charge in [0.25, 0.3) is 0 Å². The number of carboxylic acids is 1. The highest BCUT2D eigenvalue weighted by atomic mass is 16.4. The third-order valence-electron chi connectivity index (χ3n) is 3.24. The number of nitrogens with zero attached hydrogens (tertiary/aromatic N) is 2. The van der Waals surface area contributed by atoms with Crippen molar-refractivity contribution in [2.75, 3.05) is 32.8 Å². The minimum Gasteiger partial charge on any atom is -0.480 e. The Balaban J connectivity index is 2.51. The molecule has 0 aromatic carbocycles. The standard InChI is InChI=1S/C11H21N3O4/c1-3-13-4-5-14(6-8(13)2)11(18)12-9(7-15)10(16)17/h8-9,15H,3-7H2,1-2H3,(H,12,18)(H,16,17). The molecule has 1 rings (SSSR count). The molecule has 2 atom stereocenters. The molecule has 2 amide bonds. The van der Waals surface area contributed by atoms with E-state index in [0.717, 1.165) is 13.1 Å². The summed E-state index contributed by atoms with van der Waals surface area (Å²) in [5.41, 5.74) is 0. The number of likely N-dealkylation sites (N-methyl/N-ethyl adjacent to an activating group) is 1. The van der Waals surface area contributed by atoms with Crippen molar-refractivity contribution in [3.63, 3.8) is 0 Å². The van der Waals surface area contributed by atoms with Gasteiger partial charge in [0, 0.05) is 25.7 Å². The molecule has 0 bridgehead atoms. The second kappa shape index (κ2) is 6.55. The van der Waals surface area contributed by atoms with Gasteiger partial charge in [0.05, 0.1) is 6.61 Å². The van der Waals surface area contributed by atoms with Crippen LogP contribution in [0.25, 0.3) is 0 Å². The van der Waals surface area contributed by atoms with Crippen LogP contribution in [0.4, 0.5) is 4.79 Å². The van der Waals surface area contributed by atoms with Gasteiger partial charge < -0.3 is 20.4 Å². The summed E-state index contributed by atoms with van der Waals surface area (Å²) < 4.78 is 0. The molecule has 1 heterocycles. The molecule has 1 aliphatic heterocycles. The molecule has 1 saturated heterocycles. The van der Waals surface area contributed by atoms with Gasteiger partial charge in [0.1, 0.15) is 0 Å². The molecule has 0 saturated carbocycles.